The quantitative estimate of drug-likeness (QED) is 0.185. The van der Waals surface area contributed by atoms with Gasteiger partial charge in [-0.15, -0.1) is 0 Å². The Kier molecular flexibility index (Phi) is 7.92. The second-order valence-electron chi connectivity index (χ2n) is 9.34. The number of amides is 1. The minimum absolute atomic E-state index is 0.242. The number of ether oxygens (including phenoxy) is 1. The van der Waals surface area contributed by atoms with Crippen molar-refractivity contribution in [1.82, 2.24) is 19.5 Å². The van der Waals surface area contributed by atoms with E-state index in [1.54, 1.807) is 42.2 Å². The van der Waals surface area contributed by atoms with E-state index in [0.717, 1.165) is 5.56 Å². The van der Waals surface area contributed by atoms with E-state index in [2.05, 4.69) is 26.8 Å². The molecule has 3 N–H and O–H groups in total. The van der Waals surface area contributed by atoms with E-state index in [1.807, 2.05) is 19.9 Å². The van der Waals surface area contributed by atoms with Crippen molar-refractivity contribution >= 4 is 28.6 Å². The van der Waals surface area contributed by atoms with Crippen molar-refractivity contribution in [2.24, 2.45) is 11.7 Å². The van der Waals surface area contributed by atoms with Crippen LogP contribution in [0.4, 0.5) is 10.1 Å². The second kappa shape index (κ2) is 11.3. The molecule has 4 aromatic rings. The predicted molar refractivity (Wildman–Crippen MR) is 143 cm³/mol. The standard InChI is InChI=1S/C28H29FN6O3/c1-5-26(36)34-21-9-19(12-31-14-21)20-10-22-23(18-6-7-32-25(29)11-18)15-35(27(22)33-13-20)17(4)38-28(37)24(30)8-16(2)3/h5-7,9-17,24H,1,8,30H2,2-4H3,(H,34,36)/t17?,24-/m0/s1. The van der Waals surface area contributed by atoms with Gasteiger partial charge < -0.3 is 15.8 Å². The van der Waals surface area contributed by atoms with Gasteiger partial charge in [0, 0.05) is 52.9 Å². The third kappa shape index (κ3) is 5.92. The molecule has 1 unspecified atom stereocenters. The molecule has 0 fully saturated rings. The summed E-state index contributed by atoms with van der Waals surface area (Å²) in [5.74, 6) is -1.24. The Labute approximate surface area is 219 Å². The lowest BCUT2D eigenvalue weighted by Gasteiger charge is -2.19. The first-order valence-corrected chi connectivity index (χ1v) is 12.1. The van der Waals surface area contributed by atoms with Crippen LogP contribution >= 0.6 is 0 Å². The van der Waals surface area contributed by atoms with E-state index in [4.69, 9.17) is 10.5 Å². The number of nitrogens with two attached hydrogens (primary N) is 1. The summed E-state index contributed by atoms with van der Waals surface area (Å²) in [4.78, 5) is 36.8. The lowest BCUT2D eigenvalue weighted by Crippen LogP contribution is -2.34. The number of aromatic nitrogens is 4. The Balaban J connectivity index is 1.77. The first-order chi connectivity index (χ1) is 18.2. The van der Waals surface area contributed by atoms with Gasteiger partial charge in [-0.05, 0) is 49.1 Å². The van der Waals surface area contributed by atoms with Gasteiger partial charge in [0.15, 0.2) is 6.23 Å². The number of nitrogens with zero attached hydrogens (tertiary/aromatic N) is 4. The van der Waals surface area contributed by atoms with Crippen molar-refractivity contribution in [3.05, 3.63) is 73.9 Å². The summed E-state index contributed by atoms with van der Waals surface area (Å²) in [6.07, 6.45) is 8.94. The molecular weight excluding hydrogens is 487 g/mol. The fourth-order valence-corrected chi connectivity index (χ4v) is 4.14. The van der Waals surface area contributed by atoms with Crippen molar-refractivity contribution in [2.45, 2.75) is 39.5 Å². The molecule has 9 nitrogen and oxygen atoms in total. The average molecular weight is 517 g/mol. The molecule has 0 aliphatic rings. The zero-order valence-corrected chi connectivity index (χ0v) is 21.4. The highest BCUT2D eigenvalue weighted by Gasteiger charge is 2.23. The molecule has 0 saturated heterocycles. The van der Waals surface area contributed by atoms with Gasteiger partial charge in [-0.25, -0.2) is 9.97 Å². The summed E-state index contributed by atoms with van der Waals surface area (Å²) in [7, 11) is 0. The zero-order chi connectivity index (χ0) is 27.4. The minimum Gasteiger partial charge on any atom is -0.440 e. The van der Waals surface area contributed by atoms with Crippen LogP contribution in [-0.4, -0.2) is 37.4 Å². The summed E-state index contributed by atoms with van der Waals surface area (Å²) in [5, 5.41) is 3.39. The van der Waals surface area contributed by atoms with Crippen LogP contribution in [0.15, 0.2) is 67.9 Å². The molecule has 38 heavy (non-hydrogen) atoms. The van der Waals surface area contributed by atoms with Crippen molar-refractivity contribution < 1.29 is 18.7 Å². The lowest BCUT2D eigenvalue weighted by atomic mass is 10.0. The number of hydrogen-bond acceptors (Lipinski definition) is 7. The summed E-state index contributed by atoms with van der Waals surface area (Å²) >= 11 is 0. The topological polar surface area (TPSA) is 125 Å². The molecule has 1 amide bonds. The Hall–Kier alpha value is -4.44. The summed E-state index contributed by atoms with van der Waals surface area (Å²) in [6, 6.07) is 5.93. The van der Waals surface area contributed by atoms with Gasteiger partial charge in [-0.1, -0.05) is 20.4 Å². The van der Waals surface area contributed by atoms with Crippen molar-refractivity contribution in [3.63, 3.8) is 0 Å². The maximum atomic E-state index is 14.0. The van der Waals surface area contributed by atoms with E-state index < -0.39 is 24.2 Å². The van der Waals surface area contributed by atoms with E-state index in [-0.39, 0.29) is 11.8 Å². The molecule has 0 aliphatic heterocycles. The highest BCUT2D eigenvalue weighted by Crippen LogP contribution is 2.35. The van der Waals surface area contributed by atoms with Crippen LogP contribution in [-0.2, 0) is 14.3 Å². The largest absolute Gasteiger partial charge is 0.440 e. The van der Waals surface area contributed by atoms with Gasteiger partial charge in [-0.2, -0.15) is 4.39 Å². The maximum Gasteiger partial charge on any atom is 0.324 e. The van der Waals surface area contributed by atoms with Crippen LogP contribution in [0.25, 0.3) is 33.3 Å². The highest BCUT2D eigenvalue weighted by molar-refractivity contribution is 5.99. The molecule has 0 aromatic carbocycles. The van der Waals surface area contributed by atoms with Crippen molar-refractivity contribution in [3.8, 4) is 22.3 Å². The summed E-state index contributed by atoms with van der Waals surface area (Å²) in [5.41, 5.74) is 9.74. The molecular formula is C28H29FN6O3. The van der Waals surface area contributed by atoms with Crippen LogP contribution in [0.3, 0.4) is 0 Å². The average Bonchev–Trinajstić information content (AvgIpc) is 3.27. The number of rotatable bonds is 9. The molecule has 0 saturated carbocycles. The number of anilines is 1. The van der Waals surface area contributed by atoms with Crippen LogP contribution in [0.5, 0.6) is 0 Å². The van der Waals surface area contributed by atoms with Crippen LogP contribution in [0, 0.1) is 11.9 Å². The van der Waals surface area contributed by atoms with E-state index in [1.165, 1.54) is 24.5 Å². The molecule has 10 heteroatoms. The molecule has 0 spiro atoms. The smallest absolute Gasteiger partial charge is 0.324 e. The molecule has 4 rings (SSSR count). The van der Waals surface area contributed by atoms with E-state index >= 15 is 0 Å². The van der Waals surface area contributed by atoms with Gasteiger partial charge in [0.1, 0.15) is 11.7 Å². The van der Waals surface area contributed by atoms with E-state index in [0.29, 0.717) is 39.8 Å². The van der Waals surface area contributed by atoms with Gasteiger partial charge in [0.2, 0.25) is 11.9 Å². The number of pyridine rings is 3. The Bertz CT molecular complexity index is 1500. The molecule has 4 heterocycles. The number of carbonyl (C=O) groups excluding carboxylic acids is 2. The fraction of sp³-hybridized carbons (Fsp3) is 0.250. The monoisotopic (exact) mass is 516 g/mol. The third-order valence-electron chi connectivity index (χ3n) is 5.94. The highest BCUT2D eigenvalue weighted by atomic mass is 19.1. The molecule has 2 atom stereocenters. The summed E-state index contributed by atoms with van der Waals surface area (Å²) < 4.78 is 21.4. The Morgan fingerprint density at radius 1 is 1.13 bits per heavy atom. The minimum atomic E-state index is -0.742. The third-order valence-corrected chi connectivity index (χ3v) is 5.94. The predicted octanol–water partition coefficient (Wildman–Crippen LogP) is 4.86. The number of nitrogens with one attached hydrogen (secondary N) is 1. The molecule has 0 radical (unpaired) electrons. The lowest BCUT2D eigenvalue weighted by molar-refractivity contribution is -0.154. The van der Waals surface area contributed by atoms with Crippen molar-refractivity contribution in [1.29, 1.82) is 0 Å². The molecule has 0 aliphatic carbocycles. The SMILES string of the molecule is C=CC(=O)Nc1cncc(-c2cnc3c(c2)c(-c2ccnc(F)c2)cn3C(C)OC(=O)[C@@H](N)CC(C)C)c1. The van der Waals surface area contributed by atoms with Crippen LogP contribution in [0.1, 0.15) is 33.4 Å². The maximum absolute atomic E-state index is 14.0. The number of carbonyl (C=O) groups is 2. The van der Waals surface area contributed by atoms with Crippen molar-refractivity contribution in [2.75, 3.05) is 5.32 Å². The van der Waals surface area contributed by atoms with Gasteiger partial charge in [0.25, 0.3) is 0 Å². The number of halogens is 1. The fourth-order valence-electron chi connectivity index (χ4n) is 4.14. The first-order valence-electron chi connectivity index (χ1n) is 12.1. The van der Waals surface area contributed by atoms with Crippen LogP contribution in [0.2, 0.25) is 0 Å². The normalized spacial score (nSPS) is 12.8. The Morgan fingerprint density at radius 2 is 1.89 bits per heavy atom. The van der Waals surface area contributed by atoms with E-state index in [9.17, 15) is 14.0 Å². The number of hydrogen-bond donors (Lipinski definition) is 2. The summed E-state index contributed by atoms with van der Waals surface area (Å²) in [6.45, 7) is 9.15. The van der Waals surface area contributed by atoms with Gasteiger partial charge >= 0.3 is 5.97 Å². The van der Waals surface area contributed by atoms with Crippen LogP contribution < -0.4 is 11.1 Å². The number of esters is 1. The first kappa shape index (κ1) is 26.6. The van der Waals surface area contributed by atoms with Gasteiger partial charge in [-0.3, -0.25) is 19.1 Å². The molecule has 196 valence electrons. The molecule has 4 aromatic heterocycles. The number of fused-ring (bicyclic) bond motifs is 1. The zero-order valence-electron chi connectivity index (χ0n) is 21.4. The molecule has 0 bridgehead atoms. The second-order valence-corrected chi connectivity index (χ2v) is 9.34. The van der Waals surface area contributed by atoms with Gasteiger partial charge in [0.05, 0.1) is 11.9 Å². The Morgan fingerprint density at radius 3 is 2.61 bits per heavy atom.